The van der Waals surface area contributed by atoms with Crippen LogP contribution in [0.1, 0.15) is 0 Å². The van der Waals surface area contributed by atoms with Crippen molar-refractivity contribution >= 4 is 0 Å². The van der Waals surface area contributed by atoms with Gasteiger partial charge in [-0.25, -0.2) is 0 Å². The summed E-state index contributed by atoms with van der Waals surface area (Å²) in [6.07, 6.45) is 0. The third-order valence-corrected chi connectivity index (χ3v) is 6.86. The van der Waals surface area contributed by atoms with E-state index in [0.29, 0.717) is 13.1 Å². The number of hydrogen-bond acceptors (Lipinski definition) is 16. The van der Waals surface area contributed by atoms with Crippen molar-refractivity contribution in [3.05, 3.63) is 0 Å². The fraction of sp³-hybridized carbons (Fsp3) is 1.00. The molecule has 0 spiro atoms. The zero-order valence-corrected chi connectivity index (χ0v) is 29.4. The minimum absolute atomic E-state index is 0.699. The van der Waals surface area contributed by atoms with E-state index in [2.05, 4.69) is 74.4 Å². The molecule has 16 nitrogen and oxygen atoms in total. The summed E-state index contributed by atoms with van der Waals surface area (Å²) in [4.78, 5) is 0. The molecule has 0 fully saturated rings. The summed E-state index contributed by atoms with van der Waals surface area (Å²) in [5.41, 5.74) is 10.9. The van der Waals surface area contributed by atoms with Crippen LogP contribution >= 0.6 is 0 Å². The molecule has 0 aliphatic carbocycles. The quantitative estimate of drug-likeness (QED) is 0.0273. The van der Waals surface area contributed by atoms with Crippen LogP contribution in [0.2, 0.25) is 0 Å². The number of nitrogens with two attached hydrogens (primary N) is 2. The lowest BCUT2D eigenvalue weighted by atomic mass is 10.5. The van der Waals surface area contributed by atoms with Gasteiger partial charge in [0, 0.05) is 196 Å². The van der Waals surface area contributed by atoms with E-state index in [1.165, 1.54) is 0 Å². The first-order valence-corrected chi connectivity index (χ1v) is 18.2. The van der Waals surface area contributed by atoms with Gasteiger partial charge in [0.05, 0.1) is 0 Å². The standard InChI is InChI=1S/C30H78N16/c31-1-3-33-5-7-35-9-11-37-13-15-39-17-19-41-21-23-43-25-27-45-29-30-46-28-26-44-24-22-42-20-18-40-16-14-38-12-10-36-8-6-34-4-2-32/h33-46H,1-32H2. The Bertz CT molecular complexity index is 479. The maximum absolute atomic E-state index is 5.44. The molecule has 18 N–H and O–H groups in total. The predicted molar refractivity (Wildman–Crippen MR) is 198 cm³/mol. The Morgan fingerprint density at radius 2 is 0.239 bits per heavy atom. The minimum Gasteiger partial charge on any atom is -0.329 e. The zero-order valence-electron chi connectivity index (χ0n) is 29.4. The molecule has 0 radical (unpaired) electrons. The molecule has 0 atom stereocenters. The Morgan fingerprint density at radius 3 is 0.326 bits per heavy atom. The second kappa shape index (κ2) is 44.4. The lowest BCUT2D eigenvalue weighted by Crippen LogP contribution is -2.39. The van der Waals surface area contributed by atoms with Gasteiger partial charge in [0.15, 0.2) is 0 Å². The van der Waals surface area contributed by atoms with Gasteiger partial charge in [-0.15, -0.1) is 0 Å². The van der Waals surface area contributed by atoms with Crippen LogP contribution in [0.3, 0.4) is 0 Å². The zero-order chi connectivity index (χ0) is 33.1. The van der Waals surface area contributed by atoms with E-state index >= 15 is 0 Å². The Balaban J connectivity index is 3.03. The van der Waals surface area contributed by atoms with E-state index in [9.17, 15) is 0 Å². The van der Waals surface area contributed by atoms with Gasteiger partial charge in [-0.3, -0.25) is 0 Å². The summed E-state index contributed by atoms with van der Waals surface area (Å²) in [5, 5.41) is 48.1. The van der Waals surface area contributed by atoms with Gasteiger partial charge in [0.25, 0.3) is 0 Å². The molecule has 0 unspecified atom stereocenters. The van der Waals surface area contributed by atoms with Gasteiger partial charge in [0.1, 0.15) is 0 Å². The van der Waals surface area contributed by atoms with Gasteiger partial charge < -0.3 is 85.9 Å². The Labute approximate surface area is 282 Å². The molecule has 0 saturated heterocycles. The maximum Gasteiger partial charge on any atom is 0.00772 e. The van der Waals surface area contributed by atoms with E-state index in [4.69, 9.17) is 11.5 Å². The molecule has 0 rings (SSSR count). The molecule has 0 bridgehead atoms. The Morgan fingerprint density at radius 1 is 0.152 bits per heavy atom. The van der Waals surface area contributed by atoms with E-state index in [1.807, 2.05) is 0 Å². The fourth-order valence-electron chi connectivity index (χ4n) is 4.25. The first-order chi connectivity index (χ1) is 22.9. The van der Waals surface area contributed by atoms with Crippen molar-refractivity contribution in [2.75, 3.05) is 196 Å². The van der Waals surface area contributed by atoms with Gasteiger partial charge >= 0.3 is 0 Å². The highest BCUT2D eigenvalue weighted by Crippen LogP contribution is 1.68. The molecule has 0 aliphatic rings. The van der Waals surface area contributed by atoms with Crippen molar-refractivity contribution in [3.63, 3.8) is 0 Å². The summed E-state index contributed by atoms with van der Waals surface area (Å²) >= 11 is 0. The third-order valence-electron chi connectivity index (χ3n) is 6.86. The number of rotatable bonds is 43. The van der Waals surface area contributed by atoms with Crippen LogP contribution in [0.4, 0.5) is 0 Å². The molecule has 0 aromatic carbocycles. The van der Waals surface area contributed by atoms with E-state index in [0.717, 1.165) is 183 Å². The molecule has 278 valence electrons. The highest BCUT2D eigenvalue weighted by Gasteiger charge is 1.94. The summed E-state index contributed by atoms with van der Waals surface area (Å²) in [6, 6.07) is 0. The van der Waals surface area contributed by atoms with Crippen molar-refractivity contribution in [1.29, 1.82) is 0 Å². The third kappa shape index (κ3) is 43.4. The molecular formula is C30H78N16. The Hall–Kier alpha value is -0.640. The molecule has 46 heavy (non-hydrogen) atoms. The van der Waals surface area contributed by atoms with Crippen molar-refractivity contribution in [1.82, 2.24) is 74.4 Å². The number of nitrogens with one attached hydrogen (secondary N) is 14. The first kappa shape index (κ1) is 45.4. The lowest BCUT2D eigenvalue weighted by molar-refractivity contribution is 0.539. The highest BCUT2D eigenvalue weighted by atomic mass is 15.0. The molecule has 0 aliphatic heterocycles. The molecule has 16 heteroatoms. The second-order valence-corrected chi connectivity index (χ2v) is 11.1. The van der Waals surface area contributed by atoms with Crippen LogP contribution < -0.4 is 85.9 Å². The monoisotopic (exact) mass is 663 g/mol. The van der Waals surface area contributed by atoms with Gasteiger partial charge in [-0.1, -0.05) is 0 Å². The molecule has 0 aromatic rings. The van der Waals surface area contributed by atoms with Crippen LogP contribution in [0, 0.1) is 0 Å². The largest absolute Gasteiger partial charge is 0.329 e. The molecule has 0 amide bonds. The van der Waals surface area contributed by atoms with Crippen LogP contribution in [0.5, 0.6) is 0 Å². The molecule has 0 heterocycles. The highest BCUT2D eigenvalue weighted by molar-refractivity contribution is 4.62. The summed E-state index contributed by atoms with van der Waals surface area (Å²) in [7, 11) is 0. The summed E-state index contributed by atoms with van der Waals surface area (Å²) in [6.45, 7) is 29.1. The second-order valence-electron chi connectivity index (χ2n) is 11.1. The molecule has 0 saturated carbocycles. The lowest BCUT2D eigenvalue weighted by Gasteiger charge is -2.10. The molecular weight excluding hydrogens is 584 g/mol. The topological polar surface area (TPSA) is 220 Å². The summed E-state index contributed by atoms with van der Waals surface area (Å²) < 4.78 is 0. The average molecular weight is 663 g/mol. The van der Waals surface area contributed by atoms with Gasteiger partial charge in [-0.05, 0) is 0 Å². The minimum atomic E-state index is 0.699. The van der Waals surface area contributed by atoms with Crippen molar-refractivity contribution < 1.29 is 0 Å². The van der Waals surface area contributed by atoms with E-state index in [-0.39, 0.29) is 0 Å². The van der Waals surface area contributed by atoms with Crippen molar-refractivity contribution in [3.8, 4) is 0 Å². The normalized spacial score (nSPS) is 11.6. The number of hydrogen-bond donors (Lipinski definition) is 16. The maximum atomic E-state index is 5.44. The van der Waals surface area contributed by atoms with Crippen molar-refractivity contribution in [2.45, 2.75) is 0 Å². The van der Waals surface area contributed by atoms with Gasteiger partial charge in [0.2, 0.25) is 0 Å². The van der Waals surface area contributed by atoms with E-state index < -0.39 is 0 Å². The average Bonchev–Trinajstić information content (AvgIpc) is 3.07. The molecule has 0 aromatic heterocycles. The first-order valence-electron chi connectivity index (χ1n) is 18.2. The fourth-order valence-corrected chi connectivity index (χ4v) is 4.25. The van der Waals surface area contributed by atoms with Crippen LogP contribution in [-0.2, 0) is 0 Å². The summed E-state index contributed by atoms with van der Waals surface area (Å²) in [5.74, 6) is 0. The Kier molecular flexibility index (Phi) is 43.7. The smallest absolute Gasteiger partial charge is 0.00772 e. The predicted octanol–water partition coefficient (Wildman–Crippen LogP) is -6.84. The van der Waals surface area contributed by atoms with Crippen LogP contribution in [-0.4, -0.2) is 196 Å². The van der Waals surface area contributed by atoms with Crippen LogP contribution in [0.15, 0.2) is 0 Å². The van der Waals surface area contributed by atoms with Gasteiger partial charge in [-0.2, -0.15) is 0 Å². The van der Waals surface area contributed by atoms with E-state index in [1.54, 1.807) is 0 Å². The SMILES string of the molecule is NCCNCCNCCNCCNCCNCCNCCNCCNCCNCCNCCNCCNCCNCCNCCN. The van der Waals surface area contributed by atoms with Crippen molar-refractivity contribution in [2.24, 2.45) is 11.5 Å². The van der Waals surface area contributed by atoms with Crippen LogP contribution in [0.25, 0.3) is 0 Å².